The molecule has 0 fully saturated rings. The molecule has 1 N–H and O–H groups in total. The van der Waals surface area contributed by atoms with E-state index < -0.39 is 5.60 Å². The van der Waals surface area contributed by atoms with Crippen LogP contribution < -0.4 is 0 Å². The molecule has 0 aromatic carbocycles. The van der Waals surface area contributed by atoms with Crippen LogP contribution in [0.15, 0.2) is 0 Å². The second-order valence-electron chi connectivity index (χ2n) is 6.72. The molecule has 1 heteroatoms. The summed E-state index contributed by atoms with van der Waals surface area (Å²) in [7, 11) is 0. The molecule has 0 amide bonds. The van der Waals surface area contributed by atoms with Crippen molar-refractivity contribution in [2.45, 2.75) is 91.6 Å². The van der Waals surface area contributed by atoms with E-state index in [0.717, 1.165) is 19.3 Å². The first-order valence-corrected chi connectivity index (χ1v) is 6.99. The van der Waals surface area contributed by atoms with E-state index in [1.54, 1.807) is 0 Å². The van der Waals surface area contributed by atoms with E-state index in [1.807, 2.05) is 6.92 Å². The van der Waals surface area contributed by atoms with Crippen LogP contribution in [-0.2, 0) is 0 Å². The molecule has 0 saturated carbocycles. The molecule has 16 heavy (non-hydrogen) atoms. The van der Waals surface area contributed by atoms with Crippen LogP contribution in [-0.4, -0.2) is 10.7 Å². The van der Waals surface area contributed by atoms with Crippen LogP contribution in [0.4, 0.5) is 0 Å². The molecule has 0 bridgehead atoms. The molecule has 0 aromatic heterocycles. The lowest BCUT2D eigenvalue weighted by Crippen LogP contribution is -2.26. The third kappa shape index (κ3) is 10.5. The van der Waals surface area contributed by atoms with E-state index in [0.29, 0.717) is 5.41 Å². The van der Waals surface area contributed by atoms with Gasteiger partial charge in [0.2, 0.25) is 0 Å². The molecular weight excluding hydrogens is 196 g/mol. The fraction of sp³-hybridized carbons (Fsp3) is 1.00. The van der Waals surface area contributed by atoms with Gasteiger partial charge in [-0.2, -0.15) is 0 Å². The molecule has 0 spiro atoms. The number of hydrogen-bond donors (Lipinski definition) is 1. The third-order valence-electron chi connectivity index (χ3n) is 3.23. The lowest BCUT2D eigenvalue weighted by atomic mass is 9.83. The third-order valence-corrected chi connectivity index (χ3v) is 3.23. The van der Waals surface area contributed by atoms with Crippen molar-refractivity contribution < 1.29 is 5.11 Å². The lowest BCUT2D eigenvalue weighted by Gasteiger charge is -2.27. The molecule has 0 radical (unpaired) electrons. The molecule has 0 aliphatic carbocycles. The van der Waals surface area contributed by atoms with E-state index in [-0.39, 0.29) is 0 Å². The molecule has 1 nitrogen and oxygen atoms in total. The summed E-state index contributed by atoms with van der Waals surface area (Å²) in [6.45, 7) is 11.0. The smallest absolute Gasteiger partial charge is 0.0620 e. The summed E-state index contributed by atoms with van der Waals surface area (Å²) in [5.74, 6) is 0. The maximum Gasteiger partial charge on any atom is 0.0620 e. The van der Waals surface area contributed by atoms with Gasteiger partial charge in [0.15, 0.2) is 0 Å². The van der Waals surface area contributed by atoms with Crippen molar-refractivity contribution in [3.8, 4) is 0 Å². The lowest BCUT2D eigenvalue weighted by molar-refractivity contribution is 0.0284. The Bertz CT molecular complexity index is 165. The van der Waals surface area contributed by atoms with E-state index in [9.17, 15) is 5.11 Å². The average molecular weight is 228 g/mol. The summed E-state index contributed by atoms with van der Waals surface area (Å²) < 4.78 is 0. The highest BCUT2D eigenvalue weighted by Gasteiger charge is 2.22. The minimum Gasteiger partial charge on any atom is -0.390 e. The van der Waals surface area contributed by atoms with Crippen LogP contribution in [0.3, 0.4) is 0 Å². The highest BCUT2D eigenvalue weighted by atomic mass is 16.3. The van der Waals surface area contributed by atoms with Crippen molar-refractivity contribution in [2.75, 3.05) is 0 Å². The second-order valence-corrected chi connectivity index (χ2v) is 6.72. The zero-order chi connectivity index (χ0) is 12.7. The van der Waals surface area contributed by atoms with Crippen LogP contribution in [0.5, 0.6) is 0 Å². The number of hydrogen-bond acceptors (Lipinski definition) is 1. The quantitative estimate of drug-likeness (QED) is 0.584. The Balaban J connectivity index is 3.62. The topological polar surface area (TPSA) is 20.2 Å². The summed E-state index contributed by atoms with van der Waals surface area (Å²) in [4.78, 5) is 0. The minimum absolute atomic E-state index is 0.339. The molecular formula is C15H32O. The maximum atomic E-state index is 10.2. The fourth-order valence-electron chi connectivity index (χ4n) is 1.88. The van der Waals surface area contributed by atoms with Gasteiger partial charge in [-0.1, -0.05) is 59.8 Å². The van der Waals surface area contributed by atoms with Crippen molar-refractivity contribution in [2.24, 2.45) is 5.41 Å². The van der Waals surface area contributed by atoms with Crippen molar-refractivity contribution in [3.05, 3.63) is 0 Å². The van der Waals surface area contributed by atoms with Gasteiger partial charge in [-0.25, -0.2) is 0 Å². The van der Waals surface area contributed by atoms with Crippen molar-refractivity contribution in [3.63, 3.8) is 0 Å². The predicted octanol–water partition coefficient (Wildman–Crippen LogP) is 4.92. The number of aliphatic hydroxyl groups is 1. The first-order valence-electron chi connectivity index (χ1n) is 6.99. The Hall–Kier alpha value is -0.0400. The molecule has 0 aliphatic rings. The van der Waals surface area contributed by atoms with Gasteiger partial charge in [-0.15, -0.1) is 0 Å². The van der Waals surface area contributed by atoms with Gasteiger partial charge >= 0.3 is 0 Å². The number of unbranched alkanes of at least 4 members (excludes halogenated alkanes) is 4. The Kier molecular flexibility index (Phi) is 7.30. The van der Waals surface area contributed by atoms with Crippen LogP contribution in [0.25, 0.3) is 0 Å². The molecule has 1 unspecified atom stereocenters. The average Bonchev–Trinajstić information content (AvgIpc) is 2.14. The Morgan fingerprint density at radius 2 is 1.31 bits per heavy atom. The summed E-state index contributed by atoms with van der Waals surface area (Å²) >= 11 is 0. The molecule has 0 heterocycles. The summed E-state index contributed by atoms with van der Waals surface area (Å²) in [6.07, 6.45) is 9.42. The second kappa shape index (κ2) is 7.32. The van der Waals surface area contributed by atoms with Gasteiger partial charge in [0.05, 0.1) is 5.60 Å². The zero-order valence-electron chi connectivity index (χ0n) is 12.1. The summed E-state index contributed by atoms with van der Waals surface area (Å²) in [5.41, 5.74) is -0.105. The highest BCUT2D eigenvalue weighted by molar-refractivity contribution is 4.75. The highest BCUT2D eigenvalue weighted by Crippen LogP contribution is 2.28. The standard InChI is InChI=1S/C15H32O/c1-6-7-8-9-10-11-15(5,16)13-12-14(2,3)4/h16H,6-13H2,1-5H3. The summed E-state index contributed by atoms with van der Waals surface area (Å²) in [5, 5.41) is 10.2. The van der Waals surface area contributed by atoms with E-state index in [2.05, 4.69) is 27.7 Å². The molecule has 0 aliphatic heterocycles. The van der Waals surface area contributed by atoms with Gasteiger partial charge in [-0.05, 0) is 31.6 Å². The predicted molar refractivity (Wildman–Crippen MR) is 72.7 cm³/mol. The van der Waals surface area contributed by atoms with Gasteiger partial charge in [0.1, 0.15) is 0 Å². The molecule has 0 saturated heterocycles. The van der Waals surface area contributed by atoms with Crippen molar-refractivity contribution in [1.29, 1.82) is 0 Å². The van der Waals surface area contributed by atoms with Crippen LogP contribution in [0, 0.1) is 5.41 Å². The Morgan fingerprint density at radius 1 is 0.750 bits per heavy atom. The first kappa shape index (κ1) is 16.0. The first-order chi connectivity index (χ1) is 7.27. The van der Waals surface area contributed by atoms with Gasteiger partial charge in [0.25, 0.3) is 0 Å². The largest absolute Gasteiger partial charge is 0.390 e. The summed E-state index contributed by atoms with van der Waals surface area (Å²) in [6, 6.07) is 0. The zero-order valence-corrected chi connectivity index (χ0v) is 12.1. The molecule has 0 rings (SSSR count). The van der Waals surface area contributed by atoms with E-state index >= 15 is 0 Å². The fourth-order valence-corrected chi connectivity index (χ4v) is 1.88. The van der Waals surface area contributed by atoms with E-state index in [1.165, 1.54) is 32.1 Å². The van der Waals surface area contributed by atoms with Gasteiger partial charge in [-0.3, -0.25) is 0 Å². The number of rotatable bonds is 8. The van der Waals surface area contributed by atoms with Crippen molar-refractivity contribution in [1.82, 2.24) is 0 Å². The normalized spacial score (nSPS) is 16.1. The van der Waals surface area contributed by atoms with Crippen LogP contribution >= 0.6 is 0 Å². The van der Waals surface area contributed by atoms with Crippen LogP contribution in [0.1, 0.15) is 86.0 Å². The monoisotopic (exact) mass is 228 g/mol. The maximum absolute atomic E-state index is 10.2. The molecule has 98 valence electrons. The van der Waals surface area contributed by atoms with Gasteiger partial charge in [0, 0.05) is 0 Å². The SMILES string of the molecule is CCCCCCCC(C)(O)CCC(C)(C)C. The molecule has 1 atom stereocenters. The Morgan fingerprint density at radius 3 is 1.81 bits per heavy atom. The Labute approximate surface area is 103 Å². The van der Waals surface area contributed by atoms with E-state index in [4.69, 9.17) is 0 Å². The molecule has 0 aromatic rings. The van der Waals surface area contributed by atoms with Crippen molar-refractivity contribution >= 4 is 0 Å². The van der Waals surface area contributed by atoms with Crippen LogP contribution in [0.2, 0.25) is 0 Å². The van der Waals surface area contributed by atoms with Gasteiger partial charge < -0.3 is 5.11 Å². The minimum atomic E-state index is -0.445.